The number of piperazine rings is 1. The van der Waals surface area contributed by atoms with Crippen molar-refractivity contribution in [1.29, 1.82) is 0 Å². The first-order chi connectivity index (χ1) is 14.8. The van der Waals surface area contributed by atoms with Gasteiger partial charge in [-0.25, -0.2) is 4.79 Å². The summed E-state index contributed by atoms with van der Waals surface area (Å²) in [5, 5.41) is 12.6. The minimum absolute atomic E-state index is 0.0991. The number of hydrogen-bond acceptors (Lipinski definition) is 3. The van der Waals surface area contributed by atoms with Crippen LogP contribution >= 0.6 is 0 Å². The number of benzene rings is 1. The molecule has 7 nitrogen and oxygen atoms in total. The van der Waals surface area contributed by atoms with Gasteiger partial charge < -0.3 is 20.2 Å². The number of urea groups is 1. The van der Waals surface area contributed by atoms with Gasteiger partial charge in [0.2, 0.25) is 5.91 Å². The zero-order valence-electron chi connectivity index (χ0n) is 18.6. The molecule has 2 atom stereocenters. The second kappa shape index (κ2) is 10.6. The number of nitrogens with one attached hydrogen (secondary N) is 1. The maximum absolute atomic E-state index is 13.5. The highest BCUT2D eigenvalue weighted by atomic mass is 16.4. The summed E-state index contributed by atoms with van der Waals surface area (Å²) in [6, 6.07) is 8.30. The van der Waals surface area contributed by atoms with Gasteiger partial charge in [0.15, 0.2) is 0 Å². The number of amides is 3. The topological polar surface area (TPSA) is 90.0 Å². The number of carbonyl (C=O) groups is 3. The summed E-state index contributed by atoms with van der Waals surface area (Å²) in [5.41, 5.74) is 0.994. The van der Waals surface area contributed by atoms with Crippen LogP contribution in [0.4, 0.5) is 4.79 Å². The molecule has 1 aliphatic heterocycles. The lowest BCUT2D eigenvalue weighted by Crippen LogP contribution is -2.66. The Morgan fingerprint density at radius 3 is 2.42 bits per heavy atom. The van der Waals surface area contributed by atoms with Crippen molar-refractivity contribution in [3.8, 4) is 0 Å². The molecular weight excluding hydrogens is 394 g/mol. The van der Waals surface area contributed by atoms with E-state index in [0.29, 0.717) is 13.0 Å². The average molecular weight is 430 g/mol. The molecule has 3 amide bonds. The summed E-state index contributed by atoms with van der Waals surface area (Å²) < 4.78 is 0. The van der Waals surface area contributed by atoms with Gasteiger partial charge in [0, 0.05) is 19.1 Å². The molecule has 1 aromatic carbocycles. The molecule has 3 rings (SSSR count). The van der Waals surface area contributed by atoms with E-state index in [-0.39, 0.29) is 36.9 Å². The molecule has 0 unspecified atom stereocenters. The molecule has 31 heavy (non-hydrogen) atoms. The number of hydrogen-bond donors (Lipinski definition) is 2. The summed E-state index contributed by atoms with van der Waals surface area (Å²) in [6.07, 6.45) is 5.56. The van der Waals surface area contributed by atoms with Crippen LogP contribution in [-0.4, -0.2) is 57.5 Å². The first-order valence-electron chi connectivity index (χ1n) is 11.5. The third kappa shape index (κ3) is 6.21. The molecule has 2 aliphatic rings. The van der Waals surface area contributed by atoms with Gasteiger partial charge in [0.05, 0.1) is 12.5 Å². The van der Waals surface area contributed by atoms with Crippen molar-refractivity contribution in [2.24, 2.45) is 5.92 Å². The highest BCUT2D eigenvalue weighted by Crippen LogP contribution is 2.27. The first-order valence-corrected chi connectivity index (χ1v) is 11.5. The summed E-state index contributed by atoms with van der Waals surface area (Å²) in [7, 11) is 0. The van der Waals surface area contributed by atoms with E-state index < -0.39 is 18.1 Å². The van der Waals surface area contributed by atoms with Crippen LogP contribution in [0.15, 0.2) is 30.3 Å². The molecule has 1 aliphatic carbocycles. The van der Waals surface area contributed by atoms with Crippen molar-refractivity contribution in [1.82, 2.24) is 15.1 Å². The van der Waals surface area contributed by atoms with Crippen molar-refractivity contribution in [2.75, 3.05) is 6.54 Å². The fraction of sp³-hybridized carbons (Fsp3) is 0.625. The van der Waals surface area contributed by atoms with Gasteiger partial charge in [0.1, 0.15) is 6.04 Å². The fourth-order valence-electron chi connectivity index (χ4n) is 4.79. The van der Waals surface area contributed by atoms with Crippen LogP contribution in [0, 0.1) is 5.92 Å². The van der Waals surface area contributed by atoms with E-state index in [1.54, 1.807) is 9.80 Å². The monoisotopic (exact) mass is 429 g/mol. The highest BCUT2D eigenvalue weighted by Gasteiger charge is 2.44. The zero-order valence-corrected chi connectivity index (χ0v) is 18.6. The lowest BCUT2D eigenvalue weighted by atomic mass is 9.94. The molecule has 2 fully saturated rings. The fourth-order valence-corrected chi connectivity index (χ4v) is 4.79. The second-order valence-electron chi connectivity index (χ2n) is 9.29. The second-order valence-corrected chi connectivity index (χ2v) is 9.29. The molecule has 1 aromatic rings. The minimum Gasteiger partial charge on any atom is -0.481 e. The Morgan fingerprint density at radius 2 is 1.81 bits per heavy atom. The summed E-state index contributed by atoms with van der Waals surface area (Å²) >= 11 is 0. The van der Waals surface area contributed by atoms with Gasteiger partial charge in [0.25, 0.3) is 0 Å². The largest absolute Gasteiger partial charge is 0.481 e. The van der Waals surface area contributed by atoms with E-state index in [2.05, 4.69) is 5.32 Å². The molecule has 0 bridgehead atoms. The average Bonchev–Trinajstić information content (AvgIpc) is 2.72. The number of carboxylic acid groups (broad SMARTS) is 1. The Bertz CT molecular complexity index is 761. The number of carbonyl (C=O) groups excluding carboxylic acids is 2. The molecule has 0 spiro atoms. The molecule has 7 heteroatoms. The Labute approximate surface area is 184 Å². The van der Waals surface area contributed by atoms with Gasteiger partial charge in [-0.3, -0.25) is 9.59 Å². The van der Waals surface area contributed by atoms with Gasteiger partial charge >= 0.3 is 12.0 Å². The number of carboxylic acids is 1. The van der Waals surface area contributed by atoms with Crippen molar-refractivity contribution >= 4 is 17.9 Å². The van der Waals surface area contributed by atoms with Crippen LogP contribution < -0.4 is 5.32 Å². The van der Waals surface area contributed by atoms with Crippen LogP contribution in [0.3, 0.4) is 0 Å². The van der Waals surface area contributed by atoms with Crippen molar-refractivity contribution in [2.45, 2.75) is 83.5 Å². The molecule has 2 N–H and O–H groups in total. The van der Waals surface area contributed by atoms with Gasteiger partial charge in [-0.15, -0.1) is 0 Å². The van der Waals surface area contributed by atoms with Crippen LogP contribution in [0.25, 0.3) is 0 Å². The van der Waals surface area contributed by atoms with E-state index in [1.807, 2.05) is 44.2 Å². The standard InChI is InChI=1S/C24H35N3O4/c1-17(2)13-21-23(30)26(15-18-9-5-3-6-10-18)16-20(14-22(28)29)27(21)24(31)25-19-11-7-4-8-12-19/h3,5-6,9-10,17,19-21H,4,7-8,11-16H2,1-2H3,(H,25,31)(H,28,29)/t20-,21+/m1/s1. The van der Waals surface area contributed by atoms with E-state index in [1.165, 1.54) is 6.42 Å². The molecule has 1 saturated carbocycles. The molecule has 1 heterocycles. The summed E-state index contributed by atoms with van der Waals surface area (Å²) in [4.78, 5) is 41.7. The predicted octanol–water partition coefficient (Wildman–Crippen LogP) is 3.63. The SMILES string of the molecule is CC(C)C[C@H]1C(=O)N(Cc2ccccc2)C[C@@H](CC(=O)O)N1C(=O)NC1CCCCC1. The van der Waals surface area contributed by atoms with Crippen LogP contribution in [0.2, 0.25) is 0 Å². The summed E-state index contributed by atoms with van der Waals surface area (Å²) in [5.74, 6) is -0.864. The third-order valence-electron chi connectivity index (χ3n) is 6.25. The molecule has 1 saturated heterocycles. The lowest BCUT2D eigenvalue weighted by Gasteiger charge is -2.46. The summed E-state index contributed by atoms with van der Waals surface area (Å²) in [6.45, 7) is 4.69. The van der Waals surface area contributed by atoms with Crippen molar-refractivity contribution < 1.29 is 19.5 Å². The lowest BCUT2D eigenvalue weighted by molar-refractivity contribution is -0.148. The predicted molar refractivity (Wildman–Crippen MR) is 118 cm³/mol. The van der Waals surface area contributed by atoms with Crippen LogP contribution in [0.5, 0.6) is 0 Å². The maximum Gasteiger partial charge on any atom is 0.318 e. The van der Waals surface area contributed by atoms with E-state index >= 15 is 0 Å². The Balaban J connectivity index is 1.84. The van der Waals surface area contributed by atoms with Crippen LogP contribution in [-0.2, 0) is 16.1 Å². The third-order valence-corrected chi connectivity index (χ3v) is 6.25. The maximum atomic E-state index is 13.5. The Morgan fingerprint density at radius 1 is 1.13 bits per heavy atom. The van der Waals surface area contributed by atoms with Gasteiger partial charge in [-0.05, 0) is 30.7 Å². The van der Waals surface area contributed by atoms with Gasteiger partial charge in [-0.1, -0.05) is 63.4 Å². The van der Waals surface area contributed by atoms with E-state index in [9.17, 15) is 19.5 Å². The molecule has 170 valence electrons. The number of nitrogens with zero attached hydrogens (tertiary/aromatic N) is 2. The number of rotatable bonds is 7. The van der Waals surface area contributed by atoms with E-state index in [4.69, 9.17) is 0 Å². The molecular formula is C24H35N3O4. The first kappa shape index (κ1) is 23.1. The van der Waals surface area contributed by atoms with Crippen LogP contribution in [0.1, 0.15) is 64.4 Å². The quantitative estimate of drug-likeness (QED) is 0.693. The highest BCUT2D eigenvalue weighted by molar-refractivity contribution is 5.89. The molecule has 0 radical (unpaired) electrons. The minimum atomic E-state index is -0.960. The van der Waals surface area contributed by atoms with Crippen molar-refractivity contribution in [3.63, 3.8) is 0 Å². The normalized spacial score (nSPS) is 22.6. The van der Waals surface area contributed by atoms with Gasteiger partial charge in [-0.2, -0.15) is 0 Å². The molecule has 0 aromatic heterocycles. The number of aliphatic carboxylic acids is 1. The Kier molecular flexibility index (Phi) is 7.93. The van der Waals surface area contributed by atoms with E-state index in [0.717, 1.165) is 31.2 Å². The smallest absolute Gasteiger partial charge is 0.318 e. The zero-order chi connectivity index (χ0) is 22.4. The Hall–Kier alpha value is -2.57. The van der Waals surface area contributed by atoms with Crippen molar-refractivity contribution in [3.05, 3.63) is 35.9 Å².